The molecule has 3 fully saturated rings. The number of fused-ring (bicyclic) bond motifs is 2. The second-order valence-electron chi connectivity index (χ2n) is 10.7. The smallest absolute Gasteiger partial charge is 0.311 e. The molecule has 4 nitrogen and oxygen atoms in total. The first-order chi connectivity index (χ1) is 15.0. The third kappa shape index (κ3) is 3.76. The largest absolute Gasteiger partial charge is 0.461 e. The summed E-state index contributed by atoms with van der Waals surface area (Å²) in [6, 6.07) is 10.8. The minimum atomic E-state index is -0.500. The van der Waals surface area contributed by atoms with Crippen LogP contribution in [0.4, 0.5) is 0 Å². The zero-order valence-corrected chi connectivity index (χ0v) is 19.0. The molecule has 2 saturated heterocycles. The van der Waals surface area contributed by atoms with E-state index in [2.05, 4.69) is 55.2 Å². The maximum Gasteiger partial charge on any atom is 0.311 e. The van der Waals surface area contributed by atoms with Crippen LogP contribution in [0.1, 0.15) is 51.5 Å². The van der Waals surface area contributed by atoms with E-state index in [4.69, 9.17) is 4.74 Å². The Kier molecular flexibility index (Phi) is 5.72. The van der Waals surface area contributed by atoms with Gasteiger partial charge in [-0.2, -0.15) is 0 Å². The van der Waals surface area contributed by atoms with Gasteiger partial charge in [-0.1, -0.05) is 55.8 Å². The molecule has 1 aromatic carbocycles. The molecule has 1 aromatic rings. The third-order valence-corrected chi connectivity index (χ3v) is 9.10. The van der Waals surface area contributed by atoms with Crippen LogP contribution in [-0.2, 0) is 16.0 Å². The first-order valence-corrected chi connectivity index (χ1v) is 12.3. The standard InChI is InChI=1S/C27H37NO3/c1-18-7-6-10-21-16-23-24(25(29)27(18,21)2)22(26(30)31-23)17-28-13-11-20(12-14-28)15-19-8-4-3-5-9-19/h3-5,8-10,18,20,22-25,29H,6-7,11-17H2,1-2H3/t18-,22+,23-,24-,25+,27-/m1/s1. The summed E-state index contributed by atoms with van der Waals surface area (Å²) in [4.78, 5) is 15.3. The number of allylic oxidation sites excluding steroid dienone is 1. The molecule has 2 heterocycles. The number of hydrogen-bond donors (Lipinski definition) is 1. The quantitative estimate of drug-likeness (QED) is 0.582. The van der Waals surface area contributed by atoms with Crippen molar-refractivity contribution in [2.24, 2.45) is 29.1 Å². The number of carbonyl (C=O) groups excluding carboxylic acids is 1. The number of esters is 1. The number of aliphatic hydroxyl groups excluding tert-OH is 1. The molecule has 6 atom stereocenters. The van der Waals surface area contributed by atoms with Crippen molar-refractivity contribution in [1.82, 2.24) is 4.90 Å². The summed E-state index contributed by atoms with van der Waals surface area (Å²) < 4.78 is 5.85. The summed E-state index contributed by atoms with van der Waals surface area (Å²) in [5.41, 5.74) is 2.52. The Balaban J connectivity index is 1.24. The Morgan fingerprint density at radius 3 is 2.65 bits per heavy atom. The molecule has 0 spiro atoms. The number of likely N-dealkylation sites (tertiary alicyclic amines) is 1. The monoisotopic (exact) mass is 423 g/mol. The summed E-state index contributed by atoms with van der Waals surface area (Å²) in [6.07, 6.45) is 8.16. The SMILES string of the molecule is C[C@@H]1CCC=C2C[C@H]3OC(=O)[C@@H](CN4CCC(Cc5ccccc5)CC4)[C@H]3[C@H](O)[C@@]21C. The molecule has 168 valence electrons. The van der Waals surface area contributed by atoms with Gasteiger partial charge in [0.15, 0.2) is 0 Å². The molecule has 1 N–H and O–H groups in total. The highest BCUT2D eigenvalue weighted by Crippen LogP contribution is 2.56. The normalized spacial score (nSPS) is 38.9. The van der Waals surface area contributed by atoms with Gasteiger partial charge in [-0.25, -0.2) is 0 Å². The van der Waals surface area contributed by atoms with Gasteiger partial charge in [0.05, 0.1) is 12.0 Å². The van der Waals surface area contributed by atoms with E-state index in [9.17, 15) is 9.90 Å². The van der Waals surface area contributed by atoms with Crippen LogP contribution in [0.5, 0.6) is 0 Å². The van der Waals surface area contributed by atoms with Crippen LogP contribution in [0.25, 0.3) is 0 Å². The average molecular weight is 424 g/mol. The first-order valence-electron chi connectivity index (χ1n) is 12.3. The zero-order chi connectivity index (χ0) is 21.6. The lowest BCUT2D eigenvalue weighted by molar-refractivity contribution is -0.145. The number of rotatable bonds is 4. The number of benzene rings is 1. The van der Waals surface area contributed by atoms with Gasteiger partial charge >= 0.3 is 5.97 Å². The summed E-state index contributed by atoms with van der Waals surface area (Å²) >= 11 is 0. The molecule has 2 aliphatic heterocycles. The van der Waals surface area contributed by atoms with Gasteiger partial charge in [-0.3, -0.25) is 4.79 Å². The molecule has 0 amide bonds. The fourth-order valence-electron chi connectivity index (χ4n) is 6.87. The highest BCUT2D eigenvalue weighted by Gasteiger charge is 2.59. The predicted molar refractivity (Wildman–Crippen MR) is 121 cm³/mol. The molecular weight excluding hydrogens is 386 g/mol. The van der Waals surface area contributed by atoms with Crippen molar-refractivity contribution in [2.45, 2.75) is 64.6 Å². The third-order valence-electron chi connectivity index (χ3n) is 9.10. The minimum Gasteiger partial charge on any atom is -0.461 e. The van der Waals surface area contributed by atoms with Crippen molar-refractivity contribution >= 4 is 5.97 Å². The van der Waals surface area contributed by atoms with Gasteiger partial charge in [-0.05, 0) is 62.6 Å². The number of ether oxygens (including phenoxy) is 1. The number of carbonyl (C=O) groups is 1. The molecule has 0 bridgehead atoms. The Morgan fingerprint density at radius 1 is 1.16 bits per heavy atom. The topological polar surface area (TPSA) is 49.8 Å². The van der Waals surface area contributed by atoms with Gasteiger partial charge in [0, 0.05) is 24.3 Å². The van der Waals surface area contributed by atoms with E-state index < -0.39 is 6.10 Å². The van der Waals surface area contributed by atoms with Crippen LogP contribution in [-0.4, -0.2) is 47.8 Å². The van der Waals surface area contributed by atoms with Crippen molar-refractivity contribution in [3.8, 4) is 0 Å². The molecule has 0 unspecified atom stereocenters. The van der Waals surface area contributed by atoms with Crippen LogP contribution >= 0.6 is 0 Å². The maximum absolute atomic E-state index is 12.9. The molecule has 5 rings (SSSR count). The molecule has 4 heteroatoms. The Labute approximate surface area is 186 Å². The Hall–Kier alpha value is -1.65. The van der Waals surface area contributed by atoms with Crippen LogP contribution < -0.4 is 0 Å². The lowest BCUT2D eigenvalue weighted by Gasteiger charge is -2.52. The van der Waals surface area contributed by atoms with Gasteiger partial charge in [-0.15, -0.1) is 0 Å². The second kappa shape index (κ2) is 8.37. The summed E-state index contributed by atoms with van der Waals surface area (Å²) in [7, 11) is 0. The highest BCUT2D eigenvalue weighted by atomic mass is 16.6. The van der Waals surface area contributed by atoms with Crippen LogP contribution in [0.3, 0.4) is 0 Å². The van der Waals surface area contributed by atoms with E-state index in [1.165, 1.54) is 24.0 Å². The molecule has 0 radical (unpaired) electrons. The van der Waals surface area contributed by atoms with E-state index in [1.54, 1.807) is 0 Å². The van der Waals surface area contributed by atoms with Gasteiger partial charge < -0.3 is 14.7 Å². The number of nitrogens with zero attached hydrogens (tertiary/aromatic N) is 1. The predicted octanol–water partition coefficient (Wildman–Crippen LogP) is 4.23. The fraction of sp³-hybridized carbons (Fsp3) is 0.667. The maximum atomic E-state index is 12.9. The highest BCUT2D eigenvalue weighted by molar-refractivity contribution is 5.76. The van der Waals surface area contributed by atoms with Gasteiger partial charge in [0.25, 0.3) is 0 Å². The van der Waals surface area contributed by atoms with E-state index in [0.717, 1.165) is 51.2 Å². The van der Waals surface area contributed by atoms with E-state index >= 15 is 0 Å². The fourth-order valence-corrected chi connectivity index (χ4v) is 6.87. The molecule has 4 aliphatic rings. The van der Waals surface area contributed by atoms with E-state index in [1.807, 2.05) is 0 Å². The van der Waals surface area contributed by atoms with Crippen molar-refractivity contribution in [3.05, 3.63) is 47.5 Å². The van der Waals surface area contributed by atoms with Crippen molar-refractivity contribution < 1.29 is 14.6 Å². The number of hydrogen-bond acceptors (Lipinski definition) is 4. The first kappa shape index (κ1) is 21.2. The molecular formula is C27H37NO3. The van der Waals surface area contributed by atoms with E-state index in [-0.39, 0.29) is 29.3 Å². The van der Waals surface area contributed by atoms with Crippen LogP contribution in [0, 0.1) is 29.1 Å². The Bertz CT molecular complexity index is 828. The lowest BCUT2D eigenvalue weighted by atomic mass is 9.55. The zero-order valence-electron chi connectivity index (χ0n) is 19.0. The van der Waals surface area contributed by atoms with Crippen molar-refractivity contribution in [3.63, 3.8) is 0 Å². The summed E-state index contributed by atoms with van der Waals surface area (Å²) in [6.45, 7) is 7.29. The van der Waals surface area contributed by atoms with Crippen molar-refractivity contribution in [2.75, 3.05) is 19.6 Å². The molecule has 2 aliphatic carbocycles. The van der Waals surface area contributed by atoms with Gasteiger partial charge in [0.2, 0.25) is 0 Å². The number of aliphatic hydroxyl groups is 1. The van der Waals surface area contributed by atoms with Crippen LogP contribution in [0.15, 0.2) is 42.0 Å². The van der Waals surface area contributed by atoms with Crippen LogP contribution in [0.2, 0.25) is 0 Å². The number of piperidine rings is 1. The second-order valence-corrected chi connectivity index (χ2v) is 10.7. The minimum absolute atomic E-state index is 0.0720. The van der Waals surface area contributed by atoms with Gasteiger partial charge in [0.1, 0.15) is 6.10 Å². The average Bonchev–Trinajstić information content (AvgIpc) is 3.07. The molecule has 0 aromatic heterocycles. The Morgan fingerprint density at radius 2 is 1.90 bits per heavy atom. The lowest BCUT2D eigenvalue weighted by Crippen LogP contribution is -2.55. The summed E-state index contributed by atoms with van der Waals surface area (Å²) in [5, 5.41) is 11.5. The summed E-state index contributed by atoms with van der Waals surface area (Å²) in [5.74, 6) is 0.803. The molecule has 31 heavy (non-hydrogen) atoms. The molecule has 1 saturated carbocycles. The van der Waals surface area contributed by atoms with Crippen molar-refractivity contribution in [1.29, 1.82) is 0 Å². The van der Waals surface area contributed by atoms with E-state index in [0.29, 0.717) is 5.92 Å².